The summed E-state index contributed by atoms with van der Waals surface area (Å²) in [4.78, 5) is 8.79. The highest BCUT2D eigenvalue weighted by Gasteiger charge is 2.03. The van der Waals surface area contributed by atoms with Gasteiger partial charge in [-0.25, -0.2) is 4.98 Å². The molecule has 0 unspecified atom stereocenters. The summed E-state index contributed by atoms with van der Waals surface area (Å²) in [6, 6.07) is 16.0. The SMILES string of the molecule is Cc1ccc(Nc2nccc(Nc3ccc(Br)cc3)n2)c(C)c1. The Morgan fingerprint density at radius 2 is 1.70 bits per heavy atom. The Bertz CT molecular complexity index is 816. The molecule has 2 N–H and O–H groups in total. The number of anilines is 4. The van der Waals surface area contributed by atoms with E-state index in [1.54, 1.807) is 6.20 Å². The summed E-state index contributed by atoms with van der Waals surface area (Å²) in [5.41, 5.74) is 4.39. The van der Waals surface area contributed by atoms with Crippen LogP contribution in [0.2, 0.25) is 0 Å². The molecule has 0 aliphatic heterocycles. The fraction of sp³-hybridized carbons (Fsp3) is 0.111. The van der Waals surface area contributed by atoms with Crippen molar-refractivity contribution in [2.24, 2.45) is 0 Å². The highest BCUT2D eigenvalue weighted by Crippen LogP contribution is 2.21. The number of halogens is 1. The van der Waals surface area contributed by atoms with Crippen molar-refractivity contribution in [2.75, 3.05) is 10.6 Å². The lowest BCUT2D eigenvalue weighted by Gasteiger charge is -2.10. The van der Waals surface area contributed by atoms with Crippen molar-refractivity contribution in [2.45, 2.75) is 13.8 Å². The van der Waals surface area contributed by atoms with Gasteiger partial charge in [-0.1, -0.05) is 33.6 Å². The molecular weight excluding hydrogens is 352 g/mol. The molecule has 0 aliphatic carbocycles. The third kappa shape index (κ3) is 4.07. The third-order valence-electron chi connectivity index (χ3n) is 3.40. The minimum absolute atomic E-state index is 0.569. The van der Waals surface area contributed by atoms with Crippen LogP contribution in [0, 0.1) is 13.8 Å². The number of hydrogen-bond acceptors (Lipinski definition) is 4. The van der Waals surface area contributed by atoms with Crippen molar-refractivity contribution in [1.29, 1.82) is 0 Å². The minimum atomic E-state index is 0.569. The lowest BCUT2D eigenvalue weighted by atomic mass is 10.1. The maximum absolute atomic E-state index is 4.50. The van der Waals surface area contributed by atoms with Crippen LogP contribution in [0.25, 0.3) is 0 Å². The molecule has 1 heterocycles. The van der Waals surface area contributed by atoms with Crippen molar-refractivity contribution < 1.29 is 0 Å². The van der Waals surface area contributed by atoms with Gasteiger partial charge < -0.3 is 10.6 Å². The second-order valence-corrected chi connectivity index (χ2v) is 6.26. The van der Waals surface area contributed by atoms with Gasteiger partial charge in [0.25, 0.3) is 0 Å². The zero-order valence-electron chi connectivity index (χ0n) is 13.0. The number of aromatic nitrogens is 2. The monoisotopic (exact) mass is 368 g/mol. The van der Waals surface area contributed by atoms with Crippen molar-refractivity contribution in [3.05, 3.63) is 70.3 Å². The van der Waals surface area contributed by atoms with E-state index in [1.807, 2.05) is 36.4 Å². The van der Waals surface area contributed by atoms with Gasteiger partial charge in [-0.2, -0.15) is 4.98 Å². The van der Waals surface area contributed by atoms with Crippen LogP contribution in [0.4, 0.5) is 23.1 Å². The molecule has 23 heavy (non-hydrogen) atoms. The predicted octanol–water partition coefficient (Wildman–Crippen LogP) is 5.34. The first-order valence-electron chi connectivity index (χ1n) is 7.30. The number of rotatable bonds is 4. The van der Waals surface area contributed by atoms with Crippen molar-refractivity contribution in [3.8, 4) is 0 Å². The summed E-state index contributed by atoms with van der Waals surface area (Å²) < 4.78 is 1.04. The Labute approximate surface area is 144 Å². The summed E-state index contributed by atoms with van der Waals surface area (Å²) in [6.45, 7) is 4.15. The molecule has 0 aliphatic rings. The number of nitrogens with one attached hydrogen (secondary N) is 2. The summed E-state index contributed by atoms with van der Waals surface area (Å²) in [6.07, 6.45) is 1.74. The standard InChI is InChI=1S/C18H17BrN4/c1-12-3-8-16(13(2)11-12)22-18-20-10-9-17(23-18)21-15-6-4-14(19)5-7-15/h3-11H,1-2H3,(H2,20,21,22,23). The molecule has 2 aromatic carbocycles. The normalized spacial score (nSPS) is 10.4. The molecule has 0 spiro atoms. The summed E-state index contributed by atoms with van der Waals surface area (Å²) >= 11 is 3.43. The van der Waals surface area contributed by atoms with E-state index < -0.39 is 0 Å². The van der Waals surface area contributed by atoms with Crippen molar-refractivity contribution >= 4 is 39.1 Å². The maximum atomic E-state index is 4.50. The third-order valence-corrected chi connectivity index (χ3v) is 3.93. The highest BCUT2D eigenvalue weighted by atomic mass is 79.9. The van der Waals surface area contributed by atoms with Crippen molar-refractivity contribution in [3.63, 3.8) is 0 Å². The minimum Gasteiger partial charge on any atom is -0.340 e. The van der Waals surface area contributed by atoms with Crippen LogP contribution in [0.1, 0.15) is 11.1 Å². The van der Waals surface area contributed by atoms with Gasteiger partial charge in [0.15, 0.2) is 0 Å². The van der Waals surface area contributed by atoms with Gasteiger partial charge in [-0.05, 0) is 55.8 Å². The van der Waals surface area contributed by atoms with E-state index >= 15 is 0 Å². The van der Waals surface area contributed by atoms with E-state index in [4.69, 9.17) is 0 Å². The molecule has 0 fully saturated rings. The van der Waals surface area contributed by atoms with Gasteiger partial charge in [0.2, 0.25) is 5.95 Å². The van der Waals surface area contributed by atoms with E-state index in [2.05, 4.69) is 62.5 Å². The first-order valence-corrected chi connectivity index (χ1v) is 8.09. The molecule has 5 heteroatoms. The van der Waals surface area contributed by atoms with Gasteiger partial charge >= 0.3 is 0 Å². The largest absolute Gasteiger partial charge is 0.340 e. The summed E-state index contributed by atoms with van der Waals surface area (Å²) in [5, 5.41) is 6.53. The lowest BCUT2D eigenvalue weighted by molar-refractivity contribution is 1.16. The second kappa shape index (κ2) is 6.79. The van der Waals surface area contributed by atoms with Crippen LogP contribution >= 0.6 is 15.9 Å². The van der Waals surface area contributed by atoms with Gasteiger partial charge in [-0.3, -0.25) is 0 Å². The molecule has 0 bridgehead atoms. The predicted molar refractivity (Wildman–Crippen MR) is 98.7 cm³/mol. The number of nitrogens with zero attached hydrogens (tertiary/aromatic N) is 2. The van der Waals surface area contributed by atoms with E-state index in [0.29, 0.717) is 5.95 Å². The highest BCUT2D eigenvalue weighted by molar-refractivity contribution is 9.10. The molecule has 0 saturated heterocycles. The smallest absolute Gasteiger partial charge is 0.229 e. The van der Waals surface area contributed by atoms with Crippen LogP contribution in [-0.4, -0.2) is 9.97 Å². The maximum Gasteiger partial charge on any atom is 0.229 e. The number of aryl methyl sites for hydroxylation is 2. The van der Waals surface area contributed by atoms with E-state index in [-0.39, 0.29) is 0 Å². The Morgan fingerprint density at radius 3 is 2.43 bits per heavy atom. The molecule has 4 nitrogen and oxygen atoms in total. The number of benzene rings is 2. The lowest BCUT2D eigenvalue weighted by Crippen LogP contribution is -2.01. The Kier molecular flexibility index (Phi) is 4.57. The molecule has 116 valence electrons. The zero-order valence-corrected chi connectivity index (χ0v) is 14.6. The van der Waals surface area contributed by atoms with E-state index in [1.165, 1.54) is 11.1 Å². The van der Waals surface area contributed by atoms with Gasteiger partial charge in [-0.15, -0.1) is 0 Å². The van der Waals surface area contributed by atoms with E-state index in [0.717, 1.165) is 21.7 Å². The van der Waals surface area contributed by atoms with Crippen LogP contribution < -0.4 is 10.6 Å². The van der Waals surface area contributed by atoms with Crippen LogP contribution in [-0.2, 0) is 0 Å². The molecule has 1 aromatic heterocycles. The molecule has 0 amide bonds. The Morgan fingerprint density at radius 1 is 0.913 bits per heavy atom. The van der Waals surface area contributed by atoms with Crippen LogP contribution in [0.15, 0.2) is 59.2 Å². The van der Waals surface area contributed by atoms with Gasteiger partial charge in [0.05, 0.1) is 0 Å². The Balaban J connectivity index is 1.78. The van der Waals surface area contributed by atoms with Gasteiger partial charge in [0, 0.05) is 22.0 Å². The van der Waals surface area contributed by atoms with Crippen molar-refractivity contribution in [1.82, 2.24) is 9.97 Å². The van der Waals surface area contributed by atoms with Crippen LogP contribution in [0.5, 0.6) is 0 Å². The molecule has 0 saturated carbocycles. The number of hydrogen-bond donors (Lipinski definition) is 2. The Hall–Kier alpha value is -2.40. The van der Waals surface area contributed by atoms with Crippen LogP contribution in [0.3, 0.4) is 0 Å². The average molecular weight is 369 g/mol. The zero-order chi connectivity index (χ0) is 16.2. The first kappa shape index (κ1) is 15.5. The average Bonchev–Trinajstić information content (AvgIpc) is 2.53. The summed E-state index contributed by atoms with van der Waals surface area (Å²) in [5.74, 6) is 1.31. The molecule has 0 atom stereocenters. The summed E-state index contributed by atoms with van der Waals surface area (Å²) in [7, 11) is 0. The quantitative estimate of drug-likeness (QED) is 0.652. The molecule has 3 aromatic rings. The van der Waals surface area contributed by atoms with Gasteiger partial charge in [0.1, 0.15) is 5.82 Å². The topological polar surface area (TPSA) is 49.8 Å². The fourth-order valence-electron chi connectivity index (χ4n) is 2.24. The second-order valence-electron chi connectivity index (χ2n) is 5.34. The first-order chi connectivity index (χ1) is 11.1. The molecule has 3 rings (SSSR count). The van der Waals surface area contributed by atoms with E-state index in [9.17, 15) is 0 Å². The molecule has 0 radical (unpaired) electrons. The fourth-order valence-corrected chi connectivity index (χ4v) is 2.51. The molecular formula is C18H17BrN4.